The summed E-state index contributed by atoms with van der Waals surface area (Å²) in [7, 11) is 0. The third kappa shape index (κ3) is 1.32. The molecule has 0 spiro atoms. The molecule has 0 saturated carbocycles. The van der Waals surface area contributed by atoms with E-state index in [0.717, 1.165) is 30.4 Å². The van der Waals surface area contributed by atoms with Crippen molar-refractivity contribution in [3.05, 3.63) is 27.5 Å². The monoisotopic (exact) mass is 200 g/mol. The number of nitriles is 2. The van der Waals surface area contributed by atoms with Crippen LogP contribution in [0.15, 0.2) is 17.0 Å². The van der Waals surface area contributed by atoms with E-state index in [1.54, 1.807) is 11.3 Å². The second-order valence-electron chi connectivity index (χ2n) is 3.19. The molecule has 14 heavy (non-hydrogen) atoms. The molecule has 0 unspecified atom stereocenters. The lowest BCUT2D eigenvalue weighted by atomic mass is 9.90. The highest BCUT2D eigenvalue weighted by Gasteiger charge is 2.18. The molecule has 2 nitrogen and oxygen atoms in total. The van der Waals surface area contributed by atoms with Crippen LogP contribution in [0.1, 0.15) is 23.3 Å². The largest absolute Gasteiger partial charge is 0.192 e. The summed E-state index contributed by atoms with van der Waals surface area (Å²) in [5, 5.41) is 19.7. The summed E-state index contributed by atoms with van der Waals surface area (Å²) in [6.45, 7) is 0. The molecular formula is C11H8N2S. The summed E-state index contributed by atoms with van der Waals surface area (Å²) in [6, 6.07) is 5.97. The van der Waals surface area contributed by atoms with Gasteiger partial charge in [-0.3, -0.25) is 0 Å². The number of fused-ring (bicyclic) bond motifs is 1. The molecule has 0 atom stereocenters. The molecule has 1 aromatic heterocycles. The van der Waals surface area contributed by atoms with Crippen molar-refractivity contribution in [2.75, 3.05) is 0 Å². The van der Waals surface area contributed by atoms with Crippen molar-refractivity contribution in [2.45, 2.75) is 19.3 Å². The Bertz CT molecular complexity index is 452. The maximum Gasteiger partial charge on any atom is 0.133 e. The molecule has 0 fully saturated rings. The molecule has 0 N–H and O–H groups in total. The molecule has 1 aliphatic rings. The summed E-state index contributed by atoms with van der Waals surface area (Å²) >= 11 is 1.71. The third-order valence-corrected chi connectivity index (χ3v) is 3.41. The second kappa shape index (κ2) is 3.65. The fraction of sp³-hybridized carbons (Fsp3) is 0.273. The predicted molar refractivity (Wildman–Crippen MR) is 55.4 cm³/mol. The van der Waals surface area contributed by atoms with Crippen molar-refractivity contribution in [2.24, 2.45) is 0 Å². The molecule has 3 heteroatoms. The Morgan fingerprint density at radius 3 is 2.79 bits per heavy atom. The molecule has 2 rings (SSSR count). The Balaban J connectivity index is 2.59. The smallest absolute Gasteiger partial charge is 0.133 e. The Morgan fingerprint density at radius 1 is 1.29 bits per heavy atom. The first-order valence-corrected chi connectivity index (χ1v) is 5.35. The van der Waals surface area contributed by atoms with Crippen LogP contribution in [0.3, 0.4) is 0 Å². The van der Waals surface area contributed by atoms with Gasteiger partial charge in [0.15, 0.2) is 0 Å². The van der Waals surface area contributed by atoms with E-state index < -0.39 is 0 Å². The van der Waals surface area contributed by atoms with Crippen molar-refractivity contribution >= 4 is 16.9 Å². The van der Waals surface area contributed by atoms with Crippen LogP contribution in [0.2, 0.25) is 0 Å². The normalized spacial score (nSPS) is 14.0. The zero-order valence-electron chi connectivity index (χ0n) is 7.58. The topological polar surface area (TPSA) is 47.6 Å². The van der Waals surface area contributed by atoms with Gasteiger partial charge in [-0.15, -0.1) is 11.3 Å². The standard InChI is InChI=1S/C11H8N2S/c12-6-8(7-13)9-2-1-3-11-10(9)4-5-14-11/h4-5H,1-3H2. The Labute approximate surface area is 86.7 Å². The number of hydrogen-bond donors (Lipinski definition) is 0. The van der Waals surface area contributed by atoms with Gasteiger partial charge in [0, 0.05) is 4.88 Å². The zero-order valence-corrected chi connectivity index (χ0v) is 8.40. The Hall–Kier alpha value is -1.58. The maximum atomic E-state index is 8.81. The molecule has 1 heterocycles. The minimum atomic E-state index is 0.282. The van der Waals surface area contributed by atoms with Crippen molar-refractivity contribution < 1.29 is 0 Å². The third-order valence-electron chi connectivity index (χ3n) is 2.43. The van der Waals surface area contributed by atoms with Gasteiger partial charge in [0.05, 0.1) is 0 Å². The van der Waals surface area contributed by atoms with Crippen molar-refractivity contribution in [1.82, 2.24) is 0 Å². The number of allylic oxidation sites excluding steroid dienone is 2. The zero-order chi connectivity index (χ0) is 9.97. The lowest BCUT2D eigenvalue weighted by molar-refractivity contribution is 0.836. The molecule has 0 amide bonds. The van der Waals surface area contributed by atoms with E-state index in [1.807, 2.05) is 23.6 Å². The molecule has 0 radical (unpaired) electrons. The molecule has 0 aromatic carbocycles. The van der Waals surface area contributed by atoms with E-state index >= 15 is 0 Å². The van der Waals surface area contributed by atoms with E-state index in [1.165, 1.54) is 4.88 Å². The summed E-state index contributed by atoms with van der Waals surface area (Å²) in [5.74, 6) is 0. The van der Waals surface area contributed by atoms with Gasteiger partial charge in [-0.05, 0) is 41.8 Å². The lowest BCUT2D eigenvalue weighted by Gasteiger charge is -2.14. The summed E-state index contributed by atoms with van der Waals surface area (Å²) in [4.78, 5) is 1.31. The van der Waals surface area contributed by atoms with E-state index in [-0.39, 0.29) is 5.57 Å². The average molecular weight is 200 g/mol. The summed E-state index contributed by atoms with van der Waals surface area (Å²) in [6.07, 6.45) is 3.00. The molecule has 0 aliphatic heterocycles. The van der Waals surface area contributed by atoms with Crippen LogP contribution in [0.4, 0.5) is 0 Å². The highest BCUT2D eigenvalue weighted by Crippen LogP contribution is 2.35. The van der Waals surface area contributed by atoms with Crippen molar-refractivity contribution in [1.29, 1.82) is 10.5 Å². The predicted octanol–water partition coefficient (Wildman–Crippen LogP) is 2.89. The van der Waals surface area contributed by atoms with Crippen LogP contribution in [0.5, 0.6) is 0 Å². The van der Waals surface area contributed by atoms with Crippen LogP contribution in [-0.2, 0) is 6.42 Å². The number of nitrogens with zero attached hydrogens (tertiary/aromatic N) is 2. The van der Waals surface area contributed by atoms with Crippen LogP contribution in [0, 0.1) is 22.7 Å². The minimum Gasteiger partial charge on any atom is -0.192 e. The Morgan fingerprint density at radius 2 is 2.07 bits per heavy atom. The van der Waals surface area contributed by atoms with Crippen LogP contribution >= 0.6 is 11.3 Å². The Kier molecular flexibility index (Phi) is 2.35. The number of hydrogen-bond acceptors (Lipinski definition) is 3. The van der Waals surface area contributed by atoms with E-state index in [9.17, 15) is 0 Å². The highest BCUT2D eigenvalue weighted by molar-refractivity contribution is 7.10. The van der Waals surface area contributed by atoms with Gasteiger partial charge in [-0.1, -0.05) is 0 Å². The molecule has 68 valence electrons. The first-order chi connectivity index (χ1) is 6.86. The highest BCUT2D eigenvalue weighted by atomic mass is 32.1. The fourth-order valence-corrected chi connectivity index (χ4v) is 2.73. The first kappa shape index (κ1) is 8.99. The van der Waals surface area contributed by atoms with Crippen LogP contribution in [0.25, 0.3) is 5.57 Å². The summed E-state index contributed by atoms with van der Waals surface area (Å²) < 4.78 is 0. The number of rotatable bonds is 0. The SMILES string of the molecule is N#CC(C#N)=C1CCCc2sccc21. The molecule has 1 aliphatic carbocycles. The molecule has 1 aromatic rings. The quantitative estimate of drug-likeness (QED) is 0.604. The van der Waals surface area contributed by atoms with Crippen molar-refractivity contribution in [3.8, 4) is 12.1 Å². The molecular weight excluding hydrogens is 192 g/mol. The fourth-order valence-electron chi connectivity index (χ4n) is 1.78. The van der Waals surface area contributed by atoms with Gasteiger partial charge in [0.1, 0.15) is 17.7 Å². The van der Waals surface area contributed by atoms with Crippen LogP contribution in [-0.4, -0.2) is 0 Å². The summed E-state index contributed by atoms with van der Waals surface area (Å²) in [5.41, 5.74) is 2.35. The van der Waals surface area contributed by atoms with Crippen molar-refractivity contribution in [3.63, 3.8) is 0 Å². The van der Waals surface area contributed by atoms with Gasteiger partial charge in [-0.2, -0.15) is 10.5 Å². The molecule has 0 saturated heterocycles. The van der Waals surface area contributed by atoms with Gasteiger partial charge in [0.25, 0.3) is 0 Å². The van der Waals surface area contributed by atoms with Gasteiger partial charge >= 0.3 is 0 Å². The van der Waals surface area contributed by atoms with Gasteiger partial charge in [0.2, 0.25) is 0 Å². The minimum absolute atomic E-state index is 0.282. The molecule has 0 bridgehead atoms. The maximum absolute atomic E-state index is 8.81. The van der Waals surface area contributed by atoms with E-state index in [0.29, 0.717) is 0 Å². The second-order valence-corrected chi connectivity index (χ2v) is 4.19. The average Bonchev–Trinajstić information content (AvgIpc) is 2.68. The number of thiophene rings is 1. The van der Waals surface area contributed by atoms with Crippen LogP contribution < -0.4 is 0 Å². The number of aryl methyl sites for hydroxylation is 1. The van der Waals surface area contributed by atoms with E-state index in [2.05, 4.69) is 0 Å². The van der Waals surface area contributed by atoms with Gasteiger partial charge in [-0.25, -0.2) is 0 Å². The van der Waals surface area contributed by atoms with E-state index in [4.69, 9.17) is 10.5 Å². The van der Waals surface area contributed by atoms with Gasteiger partial charge < -0.3 is 0 Å². The lowest BCUT2D eigenvalue weighted by Crippen LogP contribution is -1.99. The first-order valence-electron chi connectivity index (χ1n) is 4.47.